The van der Waals surface area contributed by atoms with Gasteiger partial charge in [-0.1, -0.05) is 6.07 Å². The standard InChI is InChI=1S/C20H17F2N5O2/c1-23-19(28)15-5-3-7-17(24-15)25-20(29)18-12-4-2-6-16(12)27(26-18)11-8-9-13(21)14(22)10-11/h3,5,7-10H,2,4,6H2,1H3,(H,23,28)(H,24,25,29). The number of halogens is 2. The van der Waals surface area contributed by atoms with Crippen LogP contribution >= 0.6 is 0 Å². The Morgan fingerprint density at radius 2 is 1.90 bits per heavy atom. The molecule has 0 unspecified atom stereocenters. The largest absolute Gasteiger partial charge is 0.354 e. The molecule has 148 valence electrons. The van der Waals surface area contributed by atoms with Crippen molar-refractivity contribution in [3.8, 4) is 5.69 Å². The quantitative estimate of drug-likeness (QED) is 0.708. The Hall–Kier alpha value is -3.62. The van der Waals surface area contributed by atoms with Crippen LogP contribution in [0.1, 0.15) is 38.7 Å². The van der Waals surface area contributed by atoms with Gasteiger partial charge in [0, 0.05) is 24.4 Å². The molecule has 4 rings (SSSR count). The van der Waals surface area contributed by atoms with Gasteiger partial charge in [0.1, 0.15) is 11.5 Å². The predicted octanol–water partition coefficient (Wildman–Crippen LogP) is 2.65. The van der Waals surface area contributed by atoms with Gasteiger partial charge in [-0.15, -0.1) is 0 Å². The van der Waals surface area contributed by atoms with Crippen LogP contribution in [0.15, 0.2) is 36.4 Å². The first-order chi connectivity index (χ1) is 14.0. The summed E-state index contributed by atoms with van der Waals surface area (Å²) >= 11 is 0. The van der Waals surface area contributed by atoms with E-state index in [-0.39, 0.29) is 23.1 Å². The molecular formula is C20H17F2N5O2. The number of anilines is 1. The van der Waals surface area contributed by atoms with E-state index in [1.165, 1.54) is 23.9 Å². The van der Waals surface area contributed by atoms with Gasteiger partial charge in [-0.25, -0.2) is 18.4 Å². The lowest BCUT2D eigenvalue weighted by Crippen LogP contribution is -2.21. The molecule has 0 radical (unpaired) electrons. The van der Waals surface area contributed by atoms with Crippen LogP contribution in [0.3, 0.4) is 0 Å². The van der Waals surface area contributed by atoms with Gasteiger partial charge in [0.15, 0.2) is 17.3 Å². The number of nitrogens with zero attached hydrogens (tertiary/aromatic N) is 3. The van der Waals surface area contributed by atoms with Crippen molar-refractivity contribution in [2.45, 2.75) is 19.3 Å². The fraction of sp³-hybridized carbons (Fsp3) is 0.200. The Balaban J connectivity index is 1.66. The van der Waals surface area contributed by atoms with Crippen molar-refractivity contribution in [2.24, 2.45) is 0 Å². The summed E-state index contributed by atoms with van der Waals surface area (Å²) in [5.41, 5.74) is 2.29. The molecule has 0 fully saturated rings. The van der Waals surface area contributed by atoms with Crippen molar-refractivity contribution in [3.05, 3.63) is 70.7 Å². The number of pyridine rings is 1. The zero-order chi connectivity index (χ0) is 20.5. The first-order valence-corrected chi connectivity index (χ1v) is 9.04. The average molecular weight is 397 g/mol. The summed E-state index contributed by atoms with van der Waals surface area (Å²) in [6.07, 6.45) is 2.17. The number of carbonyl (C=O) groups is 2. The molecule has 0 spiro atoms. The predicted molar refractivity (Wildman–Crippen MR) is 101 cm³/mol. The fourth-order valence-corrected chi connectivity index (χ4v) is 3.38. The van der Waals surface area contributed by atoms with Gasteiger partial charge in [-0.3, -0.25) is 9.59 Å². The Morgan fingerprint density at radius 1 is 1.07 bits per heavy atom. The van der Waals surface area contributed by atoms with Gasteiger partial charge in [0.05, 0.1) is 5.69 Å². The molecule has 9 heteroatoms. The SMILES string of the molecule is CNC(=O)c1cccc(NC(=O)c2nn(-c3ccc(F)c(F)c3)c3c2CCC3)n1. The van der Waals surface area contributed by atoms with Crippen LogP contribution in [0.4, 0.5) is 14.6 Å². The van der Waals surface area contributed by atoms with E-state index in [2.05, 4.69) is 20.7 Å². The number of aromatic nitrogens is 3. The third-order valence-corrected chi connectivity index (χ3v) is 4.74. The van der Waals surface area contributed by atoms with Gasteiger partial charge in [0.25, 0.3) is 11.8 Å². The highest BCUT2D eigenvalue weighted by molar-refractivity contribution is 6.04. The lowest BCUT2D eigenvalue weighted by atomic mass is 10.2. The number of hydrogen-bond acceptors (Lipinski definition) is 4. The summed E-state index contributed by atoms with van der Waals surface area (Å²) in [5.74, 6) is -2.57. The van der Waals surface area contributed by atoms with E-state index < -0.39 is 17.5 Å². The summed E-state index contributed by atoms with van der Waals surface area (Å²) in [7, 11) is 1.49. The fourth-order valence-electron chi connectivity index (χ4n) is 3.38. The second kappa shape index (κ2) is 7.42. The Labute approximate surface area is 164 Å². The molecule has 29 heavy (non-hydrogen) atoms. The molecule has 2 aromatic heterocycles. The first kappa shape index (κ1) is 18.7. The Morgan fingerprint density at radius 3 is 2.66 bits per heavy atom. The van der Waals surface area contributed by atoms with Crippen molar-refractivity contribution in [1.82, 2.24) is 20.1 Å². The van der Waals surface area contributed by atoms with Crippen molar-refractivity contribution in [3.63, 3.8) is 0 Å². The third kappa shape index (κ3) is 3.46. The average Bonchev–Trinajstić information content (AvgIpc) is 3.32. The molecule has 1 aliphatic carbocycles. The molecule has 0 saturated heterocycles. The van der Waals surface area contributed by atoms with Crippen LogP contribution < -0.4 is 10.6 Å². The van der Waals surface area contributed by atoms with Crippen molar-refractivity contribution < 1.29 is 18.4 Å². The lowest BCUT2D eigenvalue weighted by Gasteiger charge is -2.06. The second-order valence-electron chi connectivity index (χ2n) is 6.58. The number of amides is 2. The molecule has 1 aromatic carbocycles. The van der Waals surface area contributed by atoms with Crippen LogP contribution in [0, 0.1) is 11.6 Å². The van der Waals surface area contributed by atoms with Gasteiger partial charge >= 0.3 is 0 Å². The number of fused-ring (bicyclic) bond motifs is 1. The van der Waals surface area contributed by atoms with E-state index >= 15 is 0 Å². The number of carbonyl (C=O) groups excluding carboxylic acids is 2. The minimum Gasteiger partial charge on any atom is -0.354 e. The van der Waals surface area contributed by atoms with E-state index in [0.717, 1.165) is 29.8 Å². The molecule has 7 nitrogen and oxygen atoms in total. The van der Waals surface area contributed by atoms with Crippen molar-refractivity contribution >= 4 is 17.6 Å². The van der Waals surface area contributed by atoms with Gasteiger partial charge in [-0.2, -0.15) is 5.10 Å². The van der Waals surface area contributed by atoms with Crippen LogP contribution in [-0.2, 0) is 12.8 Å². The van der Waals surface area contributed by atoms with Gasteiger partial charge in [-0.05, 0) is 43.5 Å². The minimum absolute atomic E-state index is 0.169. The molecule has 3 aromatic rings. The van der Waals surface area contributed by atoms with E-state index in [4.69, 9.17) is 0 Å². The molecule has 0 aliphatic heterocycles. The van der Waals surface area contributed by atoms with E-state index in [9.17, 15) is 18.4 Å². The maximum atomic E-state index is 13.7. The molecule has 0 atom stereocenters. The monoisotopic (exact) mass is 397 g/mol. The lowest BCUT2D eigenvalue weighted by molar-refractivity contribution is 0.0956. The highest BCUT2D eigenvalue weighted by Gasteiger charge is 2.27. The van der Waals surface area contributed by atoms with Crippen LogP contribution in [-0.4, -0.2) is 33.6 Å². The van der Waals surface area contributed by atoms with E-state index in [0.29, 0.717) is 18.5 Å². The summed E-state index contributed by atoms with van der Waals surface area (Å²) < 4.78 is 28.4. The van der Waals surface area contributed by atoms with Gasteiger partial charge < -0.3 is 10.6 Å². The number of benzene rings is 1. The maximum Gasteiger partial charge on any atom is 0.277 e. The van der Waals surface area contributed by atoms with Crippen LogP contribution in [0.2, 0.25) is 0 Å². The van der Waals surface area contributed by atoms with Gasteiger partial charge in [0.2, 0.25) is 0 Å². The third-order valence-electron chi connectivity index (χ3n) is 4.74. The number of rotatable bonds is 4. The summed E-state index contributed by atoms with van der Waals surface area (Å²) in [4.78, 5) is 28.7. The summed E-state index contributed by atoms with van der Waals surface area (Å²) in [5, 5.41) is 9.47. The van der Waals surface area contributed by atoms with Crippen LogP contribution in [0.25, 0.3) is 5.69 Å². The molecule has 2 heterocycles. The first-order valence-electron chi connectivity index (χ1n) is 9.04. The van der Waals surface area contributed by atoms with E-state index in [1.807, 2.05) is 0 Å². The smallest absolute Gasteiger partial charge is 0.277 e. The Bertz CT molecular complexity index is 1130. The zero-order valence-corrected chi connectivity index (χ0v) is 15.5. The highest BCUT2D eigenvalue weighted by Crippen LogP contribution is 2.28. The maximum absolute atomic E-state index is 13.7. The topological polar surface area (TPSA) is 88.9 Å². The van der Waals surface area contributed by atoms with Crippen LogP contribution in [0.5, 0.6) is 0 Å². The normalized spacial score (nSPS) is 12.5. The molecule has 2 N–H and O–H groups in total. The molecule has 0 bridgehead atoms. The molecule has 2 amide bonds. The minimum atomic E-state index is -0.981. The summed E-state index contributed by atoms with van der Waals surface area (Å²) in [6, 6.07) is 8.21. The zero-order valence-electron chi connectivity index (χ0n) is 15.5. The molecular weight excluding hydrogens is 380 g/mol. The van der Waals surface area contributed by atoms with Crippen molar-refractivity contribution in [1.29, 1.82) is 0 Å². The number of nitrogens with one attached hydrogen (secondary N) is 2. The molecule has 1 aliphatic rings. The highest BCUT2D eigenvalue weighted by atomic mass is 19.2. The second-order valence-corrected chi connectivity index (χ2v) is 6.58. The van der Waals surface area contributed by atoms with Crippen molar-refractivity contribution in [2.75, 3.05) is 12.4 Å². The Kier molecular flexibility index (Phi) is 4.79. The summed E-state index contributed by atoms with van der Waals surface area (Å²) in [6.45, 7) is 0. The molecule has 0 saturated carbocycles. The van der Waals surface area contributed by atoms with E-state index in [1.54, 1.807) is 12.1 Å². The number of hydrogen-bond donors (Lipinski definition) is 2.